The highest BCUT2D eigenvalue weighted by Gasteiger charge is 2.32. The van der Waals surface area contributed by atoms with Gasteiger partial charge in [-0.3, -0.25) is 0 Å². The predicted octanol–water partition coefficient (Wildman–Crippen LogP) is 2.12. The molecule has 6 nitrogen and oxygen atoms in total. The SMILES string of the molecule is COC(=O)/C=C/CCN([C@H](CO)C(C)C)S(=O)(=O)c1ccc(C)cc1. The summed E-state index contributed by atoms with van der Waals surface area (Å²) in [6, 6.07) is 6.07. The Balaban J connectivity index is 3.10. The second-order valence-electron chi connectivity index (χ2n) is 6.14. The lowest BCUT2D eigenvalue weighted by Crippen LogP contribution is -2.45. The maximum atomic E-state index is 13.0. The molecule has 1 aromatic carbocycles. The molecule has 1 N–H and O–H groups in total. The minimum Gasteiger partial charge on any atom is -0.466 e. The van der Waals surface area contributed by atoms with Crippen LogP contribution in [-0.2, 0) is 19.6 Å². The highest BCUT2D eigenvalue weighted by molar-refractivity contribution is 7.89. The Morgan fingerprint density at radius 2 is 1.88 bits per heavy atom. The van der Waals surface area contributed by atoms with Gasteiger partial charge in [-0.1, -0.05) is 37.6 Å². The minimum absolute atomic E-state index is 0.0604. The number of hydrogen-bond acceptors (Lipinski definition) is 5. The molecule has 0 saturated carbocycles. The quantitative estimate of drug-likeness (QED) is 0.532. The van der Waals surface area contributed by atoms with E-state index in [9.17, 15) is 18.3 Å². The molecule has 0 aromatic heterocycles. The van der Waals surface area contributed by atoms with E-state index >= 15 is 0 Å². The van der Waals surface area contributed by atoms with E-state index in [0.717, 1.165) is 5.56 Å². The number of carbonyl (C=O) groups is 1. The Morgan fingerprint density at radius 1 is 1.28 bits per heavy atom. The van der Waals surface area contributed by atoms with Crippen LogP contribution in [0, 0.1) is 12.8 Å². The van der Waals surface area contributed by atoms with E-state index in [1.807, 2.05) is 20.8 Å². The lowest BCUT2D eigenvalue weighted by atomic mass is 10.1. The number of hydrogen-bond donors (Lipinski definition) is 1. The average Bonchev–Trinajstić information content (AvgIpc) is 2.57. The maximum Gasteiger partial charge on any atom is 0.330 e. The smallest absolute Gasteiger partial charge is 0.330 e. The zero-order chi connectivity index (χ0) is 19.0. The highest BCUT2D eigenvalue weighted by Crippen LogP contribution is 2.22. The van der Waals surface area contributed by atoms with Crippen LogP contribution in [0.5, 0.6) is 0 Å². The van der Waals surface area contributed by atoms with Crippen molar-refractivity contribution in [3.63, 3.8) is 0 Å². The molecule has 1 aromatic rings. The molecule has 0 aliphatic carbocycles. The summed E-state index contributed by atoms with van der Waals surface area (Å²) in [5.41, 5.74) is 0.967. The lowest BCUT2D eigenvalue weighted by molar-refractivity contribution is -0.134. The third-order valence-electron chi connectivity index (χ3n) is 3.93. The number of methoxy groups -OCH3 is 1. The molecular weight excluding hydrogens is 342 g/mol. The Bertz CT molecular complexity index is 680. The van der Waals surface area contributed by atoms with E-state index in [-0.39, 0.29) is 24.0 Å². The number of carbonyl (C=O) groups excluding carboxylic acids is 1. The van der Waals surface area contributed by atoms with Crippen molar-refractivity contribution in [2.45, 2.75) is 38.1 Å². The van der Waals surface area contributed by atoms with Gasteiger partial charge >= 0.3 is 5.97 Å². The van der Waals surface area contributed by atoms with Crippen LogP contribution in [0.2, 0.25) is 0 Å². The number of benzene rings is 1. The summed E-state index contributed by atoms with van der Waals surface area (Å²) >= 11 is 0. The number of aliphatic hydroxyl groups excluding tert-OH is 1. The third kappa shape index (κ3) is 5.95. The van der Waals surface area contributed by atoms with Gasteiger partial charge in [0.05, 0.1) is 24.7 Å². The van der Waals surface area contributed by atoms with Crippen LogP contribution in [0.25, 0.3) is 0 Å². The number of sulfonamides is 1. The summed E-state index contributed by atoms with van der Waals surface area (Å²) in [5, 5.41) is 9.71. The second-order valence-corrected chi connectivity index (χ2v) is 8.03. The fourth-order valence-corrected chi connectivity index (χ4v) is 4.16. The zero-order valence-corrected chi connectivity index (χ0v) is 16.0. The molecule has 0 aliphatic rings. The van der Waals surface area contributed by atoms with Gasteiger partial charge < -0.3 is 9.84 Å². The van der Waals surface area contributed by atoms with E-state index < -0.39 is 22.0 Å². The summed E-state index contributed by atoms with van der Waals surface area (Å²) in [6.07, 6.45) is 3.17. The number of aryl methyl sites for hydroxylation is 1. The lowest BCUT2D eigenvalue weighted by Gasteiger charge is -2.32. The van der Waals surface area contributed by atoms with Crippen molar-refractivity contribution >= 4 is 16.0 Å². The Kier molecular flexibility index (Phi) is 8.28. The van der Waals surface area contributed by atoms with Crippen molar-refractivity contribution < 1.29 is 23.1 Å². The summed E-state index contributed by atoms with van der Waals surface area (Å²) in [5.74, 6) is -0.551. The molecule has 0 spiro atoms. The Labute approximate surface area is 150 Å². The standard InChI is InChI=1S/C18H27NO5S/c1-14(2)17(13-20)19(12-6-5-7-18(21)24-4)25(22,23)16-10-8-15(3)9-11-16/h5,7-11,14,17,20H,6,12-13H2,1-4H3/b7-5+/t17-/m1/s1. The Hall–Kier alpha value is -1.70. The number of ether oxygens (including phenoxy) is 1. The average molecular weight is 369 g/mol. The molecule has 0 amide bonds. The first-order valence-corrected chi connectivity index (χ1v) is 9.62. The molecule has 25 heavy (non-hydrogen) atoms. The van der Waals surface area contributed by atoms with Gasteiger partial charge in [0.25, 0.3) is 0 Å². The van der Waals surface area contributed by atoms with Crippen molar-refractivity contribution in [2.75, 3.05) is 20.3 Å². The molecule has 0 unspecified atom stereocenters. The van der Waals surface area contributed by atoms with E-state index in [4.69, 9.17) is 0 Å². The molecule has 140 valence electrons. The predicted molar refractivity (Wildman–Crippen MR) is 96.6 cm³/mol. The molecular formula is C18H27NO5S. The van der Waals surface area contributed by atoms with Crippen molar-refractivity contribution in [2.24, 2.45) is 5.92 Å². The van der Waals surface area contributed by atoms with Crippen LogP contribution >= 0.6 is 0 Å². The molecule has 0 aliphatic heterocycles. The van der Waals surface area contributed by atoms with Crippen molar-refractivity contribution in [1.29, 1.82) is 0 Å². The number of aliphatic hydroxyl groups is 1. The van der Waals surface area contributed by atoms with Gasteiger partial charge in [-0.15, -0.1) is 0 Å². The van der Waals surface area contributed by atoms with Crippen LogP contribution in [0.4, 0.5) is 0 Å². The Morgan fingerprint density at radius 3 is 2.36 bits per heavy atom. The first-order valence-electron chi connectivity index (χ1n) is 8.18. The van der Waals surface area contributed by atoms with Gasteiger partial charge in [0, 0.05) is 12.6 Å². The molecule has 0 bridgehead atoms. The zero-order valence-electron chi connectivity index (χ0n) is 15.2. The van der Waals surface area contributed by atoms with Gasteiger partial charge in [0.2, 0.25) is 10.0 Å². The summed E-state index contributed by atoms with van der Waals surface area (Å²) in [7, 11) is -2.48. The summed E-state index contributed by atoms with van der Waals surface area (Å²) in [4.78, 5) is 11.3. The molecule has 0 saturated heterocycles. The van der Waals surface area contributed by atoms with Gasteiger partial charge in [-0.25, -0.2) is 13.2 Å². The molecule has 1 atom stereocenters. The maximum absolute atomic E-state index is 13.0. The third-order valence-corrected chi connectivity index (χ3v) is 5.86. The van der Waals surface area contributed by atoms with Crippen LogP contribution in [0.15, 0.2) is 41.3 Å². The molecule has 7 heteroatoms. The van der Waals surface area contributed by atoms with Crippen LogP contribution in [0.3, 0.4) is 0 Å². The highest BCUT2D eigenvalue weighted by atomic mass is 32.2. The summed E-state index contributed by atoms with van der Waals surface area (Å²) in [6.45, 7) is 5.50. The van der Waals surface area contributed by atoms with Gasteiger partial charge in [0.1, 0.15) is 0 Å². The minimum atomic E-state index is -3.76. The monoisotopic (exact) mass is 369 g/mol. The van der Waals surface area contributed by atoms with Crippen molar-refractivity contribution in [3.05, 3.63) is 42.0 Å². The fraction of sp³-hybridized carbons (Fsp3) is 0.500. The largest absolute Gasteiger partial charge is 0.466 e. The van der Waals surface area contributed by atoms with Crippen molar-refractivity contribution in [3.8, 4) is 0 Å². The van der Waals surface area contributed by atoms with E-state index in [1.54, 1.807) is 30.3 Å². The fourth-order valence-electron chi connectivity index (χ4n) is 2.39. The molecule has 0 fully saturated rings. The van der Waals surface area contributed by atoms with Gasteiger partial charge in [0.15, 0.2) is 0 Å². The first-order chi connectivity index (χ1) is 11.7. The van der Waals surface area contributed by atoms with Crippen LogP contribution in [0.1, 0.15) is 25.8 Å². The van der Waals surface area contributed by atoms with E-state index in [2.05, 4.69) is 4.74 Å². The van der Waals surface area contributed by atoms with E-state index in [0.29, 0.717) is 6.42 Å². The van der Waals surface area contributed by atoms with Gasteiger partial charge in [-0.05, 0) is 31.4 Å². The topological polar surface area (TPSA) is 83.9 Å². The normalized spacial score (nSPS) is 13.6. The number of esters is 1. The molecule has 0 heterocycles. The summed E-state index contributed by atoms with van der Waals surface area (Å²) < 4.78 is 31.9. The van der Waals surface area contributed by atoms with Gasteiger partial charge in [-0.2, -0.15) is 4.31 Å². The first kappa shape index (κ1) is 21.3. The van der Waals surface area contributed by atoms with Crippen LogP contribution < -0.4 is 0 Å². The molecule has 1 rings (SSSR count). The van der Waals surface area contributed by atoms with Crippen LogP contribution in [-0.4, -0.2) is 50.1 Å². The van der Waals surface area contributed by atoms with Crippen molar-refractivity contribution in [1.82, 2.24) is 4.31 Å². The molecule has 0 radical (unpaired) electrons. The number of rotatable bonds is 9. The number of nitrogens with zero attached hydrogens (tertiary/aromatic N) is 1. The second kappa shape index (κ2) is 9.70. The van der Waals surface area contributed by atoms with E-state index in [1.165, 1.54) is 17.5 Å².